The zero-order chi connectivity index (χ0) is 8.27. The Labute approximate surface area is 75.0 Å². The Bertz CT molecular complexity index is 277. The summed E-state index contributed by atoms with van der Waals surface area (Å²) < 4.78 is 0. The van der Waals surface area contributed by atoms with Crippen LogP contribution in [0.4, 0.5) is 10.5 Å². The average Bonchev–Trinajstić information content (AvgIpc) is 1.93. The molecule has 0 heterocycles. The molecule has 2 nitrogen and oxygen atoms in total. The van der Waals surface area contributed by atoms with Crippen molar-refractivity contribution in [1.82, 2.24) is 0 Å². The van der Waals surface area contributed by atoms with E-state index in [9.17, 15) is 4.79 Å². The minimum Gasteiger partial charge on any atom is -0.316 e. The standard InChI is InChI=1S/C7H6ClNOS/c8-5-3-1-2-4-6(5)9-7(10)11/h1-4H,(H2,9,10,11). The number of para-hydroxylation sites is 1. The fourth-order valence-corrected chi connectivity index (χ4v) is 0.981. The molecule has 1 N–H and O–H groups in total. The van der Waals surface area contributed by atoms with Crippen LogP contribution >= 0.6 is 24.2 Å². The molecule has 0 aromatic heterocycles. The summed E-state index contributed by atoms with van der Waals surface area (Å²) in [7, 11) is 0. The lowest BCUT2D eigenvalue weighted by Gasteiger charge is -2.01. The van der Waals surface area contributed by atoms with Gasteiger partial charge >= 0.3 is 0 Å². The largest absolute Gasteiger partial charge is 0.316 e. The summed E-state index contributed by atoms with van der Waals surface area (Å²) in [6.07, 6.45) is 0. The fraction of sp³-hybridized carbons (Fsp3) is 0. The summed E-state index contributed by atoms with van der Waals surface area (Å²) in [5.74, 6) is 0. The molecule has 0 spiro atoms. The van der Waals surface area contributed by atoms with Crippen molar-refractivity contribution in [2.75, 3.05) is 5.32 Å². The van der Waals surface area contributed by atoms with Crippen LogP contribution in [0.2, 0.25) is 5.02 Å². The highest BCUT2D eigenvalue weighted by Gasteiger charge is 1.98. The number of halogens is 1. The van der Waals surface area contributed by atoms with Crippen molar-refractivity contribution in [3.8, 4) is 0 Å². The summed E-state index contributed by atoms with van der Waals surface area (Å²) in [6.45, 7) is 0. The number of hydrogen-bond donors (Lipinski definition) is 2. The monoisotopic (exact) mass is 187 g/mol. The van der Waals surface area contributed by atoms with Gasteiger partial charge in [0.25, 0.3) is 5.24 Å². The second-order valence-electron chi connectivity index (χ2n) is 1.91. The predicted octanol–water partition coefficient (Wildman–Crippen LogP) is 2.80. The highest BCUT2D eigenvalue weighted by Crippen LogP contribution is 2.20. The molecule has 0 aliphatic heterocycles. The van der Waals surface area contributed by atoms with Crippen molar-refractivity contribution < 1.29 is 4.79 Å². The number of anilines is 1. The molecule has 0 aliphatic carbocycles. The molecule has 0 radical (unpaired) electrons. The van der Waals surface area contributed by atoms with Crippen LogP contribution in [0.1, 0.15) is 0 Å². The smallest absolute Gasteiger partial charge is 0.280 e. The zero-order valence-electron chi connectivity index (χ0n) is 5.54. The van der Waals surface area contributed by atoms with Crippen molar-refractivity contribution in [1.29, 1.82) is 0 Å². The van der Waals surface area contributed by atoms with Crippen LogP contribution in [-0.4, -0.2) is 5.24 Å². The van der Waals surface area contributed by atoms with E-state index in [1.54, 1.807) is 24.3 Å². The van der Waals surface area contributed by atoms with Crippen molar-refractivity contribution in [3.63, 3.8) is 0 Å². The third kappa shape index (κ3) is 2.44. The molecule has 1 amide bonds. The second kappa shape index (κ2) is 3.64. The van der Waals surface area contributed by atoms with E-state index < -0.39 is 5.24 Å². The zero-order valence-corrected chi connectivity index (χ0v) is 7.19. The van der Waals surface area contributed by atoms with Gasteiger partial charge in [-0.2, -0.15) is 0 Å². The van der Waals surface area contributed by atoms with Crippen molar-refractivity contribution in [2.24, 2.45) is 0 Å². The Morgan fingerprint density at radius 1 is 1.45 bits per heavy atom. The third-order valence-corrected chi connectivity index (χ3v) is 1.56. The molecule has 0 atom stereocenters. The number of carbonyl (C=O) groups excluding carboxylic acids is 1. The molecular weight excluding hydrogens is 182 g/mol. The first kappa shape index (κ1) is 8.43. The Morgan fingerprint density at radius 2 is 2.09 bits per heavy atom. The van der Waals surface area contributed by atoms with Crippen LogP contribution in [0.15, 0.2) is 24.3 Å². The molecule has 0 aliphatic rings. The van der Waals surface area contributed by atoms with E-state index in [1.165, 1.54) is 0 Å². The van der Waals surface area contributed by atoms with E-state index in [0.29, 0.717) is 10.7 Å². The minimum absolute atomic E-state index is 0.418. The highest BCUT2D eigenvalue weighted by atomic mass is 35.5. The maximum atomic E-state index is 10.5. The Balaban J connectivity index is 2.86. The molecule has 4 heteroatoms. The summed E-state index contributed by atoms with van der Waals surface area (Å²) >= 11 is 9.27. The average molecular weight is 188 g/mol. The van der Waals surface area contributed by atoms with Crippen LogP contribution in [0.25, 0.3) is 0 Å². The van der Waals surface area contributed by atoms with Crippen LogP contribution in [0, 0.1) is 0 Å². The van der Waals surface area contributed by atoms with Gasteiger partial charge in [-0.1, -0.05) is 36.4 Å². The van der Waals surface area contributed by atoms with Crippen LogP contribution < -0.4 is 5.32 Å². The molecule has 0 bridgehead atoms. The normalized spacial score (nSPS) is 9.27. The Kier molecular flexibility index (Phi) is 2.79. The molecule has 1 aromatic carbocycles. The van der Waals surface area contributed by atoms with E-state index in [4.69, 9.17) is 11.6 Å². The maximum Gasteiger partial charge on any atom is 0.280 e. The Hall–Kier alpha value is -0.670. The van der Waals surface area contributed by atoms with Crippen molar-refractivity contribution in [2.45, 2.75) is 0 Å². The summed E-state index contributed by atoms with van der Waals surface area (Å²) in [4.78, 5) is 10.5. The quantitative estimate of drug-likeness (QED) is 0.651. The number of thiol groups is 1. The van der Waals surface area contributed by atoms with Crippen LogP contribution in [-0.2, 0) is 0 Å². The fourth-order valence-electron chi connectivity index (χ4n) is 0.678. The minimum atomic E-state index is -0.418. The second-order valence-corrected chi connectivity index (χ2v) is 2.72. The number of nitrogens with one attached hydrogen (secondary N) is 1. The first-order valence-corrected chi connectivity index (χ1v) is 3.77. The van der Waals surface area contributed by atoms with E-state index in [1.807, 2.05) is 0 Å². The number of carbonyl (C=O) groups is 1. The van der Waals surface area contributed by atoms with Gasteiger partial charge in [0.05, 0.1) is 10.7 Å². The molecule has 0 saturated heterocycles. The lowest BCUT2D eigenvalue weighted by atomic mass is 10.3. The van der Waals surface area contributed by atoms with Gasteiger partial charge in [0, 0.05) is 0 Å². The number of hydrogen-bond acceptors (Lipinski definition) is 1. The first-order chi connectivity index (χ1) is 5.20. The van der Waals surface area contributed by atoms with Gasteiger partial charge in [-0.3, -0.25) is 4.79 Å². The number of rotatable bonds is 1. The van der Waals surface area contributed by atoms with Gasteiger partial charge in [-0.25, -0.2) is 0 Å². The molecule has 1 rings (SSSR count). The van der Waals surface area contributed by atoms with E-state index in [-0.39, 0.29) is 0 Å². The van der Waals surface area contributed by atoms with Crippen LogP contribution in [0.3, 0.4) is 0 Å². The van der Waals surface area contributed by atoms with Gasteiger partial charge in [0.15, 0.2) is 0 Å². The maximum absolute atomic E-state index is 10.5. The molecule has 0 unspecified atom stereocenters. The molecular formula is C7H6ClNOS. The van der Waals surface area contributed by atoms with Gasteiger partial charge in [0.1, 0.15) is 0 Å². The third-order valence-electron chi connectivity index (χ3n) is 1.12. The van der Waals surface area contributed by atoms with E-state index in [2.05, 4.69) is 17.9 Å². The highest BCUT2D eigenvalue weighted by molar-refractivity contribution is 7.96. The summed E-state index contributed by atoms with van der Waals surface area (Å²) in [5, 5.41) is 2.56. The van der Waals surface area contributed by atoms with Gasteiger partial charge < -0.3 is 5.32 Å². The predicted molar refractivity (Wildman–Crippen MR) is 49.5 cm³/mol. The van der Waals surface area contributed by atoms with Crippen molar-refractivity contribution in [3.05, 3.63) is 29.3 Å². The number of amides is 1. The van der Waals surface area contributed by atoms with Gasteiger partial charge in [0.2, 0.25) is 0 Å². The van der Waals surface area contributed by atoms with Crippen LogP contribution in [0.5, 0.6) is 0 Å². The van der Waals surface area contributed by atoms with Crippen molar-refractivity contribution >= 4 is 35.2 Å². The molecule has 58 valence electrons. The van der Waals surface area contributed by atoms with E-state index >= 15 is 0 Å². The summed E-state index contributed by atoms with van der Waals surface area (Å²) in [6, 6.07) is 6.97. The molecule has 0 saturated carbocycles. The first-order valence-electron chi connectivity index (χ1n) is 2.94. The topological polar surface area (TPSA) is 29.1 Å². The SMILES string of the molecule is O=C(S)Nc1ccccc1Cl. The van der Waals surface area contributed by atoms with Gasteiger partial charge in [-0.05, 0) is 12.1 Å². The lowest BCUT2D eigenvalue weighted by molar-refractivity contribution is 0.270. The number of benzene rings is 1. The van der Waals surface area contributed by atoms with E-state index in [0.717, 1.165) is 0 Å². The summed E-state index contributed by atoms with van der Waals surface area (Å²) in [5.41, 5.74) is 0.578. The lowest BCUT2D eigenvalue weighted by Crippen LogP contribution is -2.00. The molecule has 11 heavy (non-hydrogen) atoms. The van der Waals surface area contributed by atoms with Gasteiger partial charge in [-0.15, -0.1) is 0 Å². The molecule has 0 fully saturated rings. The Morgan fingerprint density at radius 3 is 2.64 bits per heavy atom. The molecule has 1 aromatic rings.